The highest BCUT2D eigenvalue weighted by Gasteiger charge is 2.56. The zero-order valence-corrected chi connectivity index (χ0v) is 26.4. The van der Waals surface area contributed by atoms with Crippen LogP contribution in [0, 0.1) is 0 Å². The minimum Gasteiger partial charge on any atom is -0.379 e. The van der Waals surface area contributed by atoms with Gasteiger partial charge >= 0.3 is 6.03 Å². The van der Waals surface area contributed by atoms with Gasteiger partial charge in [0.05, 0.1) is 25.4 Å². The van der Waals surface area contributed by atoms with Crippen LogP contribution < -0.4 is 10.6 Å². The third-order valence-electron chi connectivity index (χ3n) is 9.33. The Hall–Kier alpha value is -3.22. The summed E-state index contributed by atoms with van der Waals surface area (Å²) in [5, 5.41) is 7.90. The molecule has 0 saturated carbocycles. The molecule has 3 unspecified atom stereocenters. The fraction of sp³-hybridized carbons (Fsp3) is 0.485. The van der Waals surface area contributed by atoms with Crippen molar-refractivity contribution in [2.45, 2.75) is 35.6 Å². The number of rotatable bonds is 7. The largest absolute Gasteiger partial charge is 0.379 e. The molecule has 44 heavy (non-hydrogen) atoms. The number of carbonyl (C=O) groups is 2. The van der Waals surface area contributed by atoms with Crippen LogP contribution in [-0.2, 0) is 14.2 Å². The fourth-order valence-electron chi connectivity index (χ4n) is 6.86. The number of morpholine rings is 1. The minimum atomic E-state index is -0.443. The van der Waals surface area contributed by atoms with E-state index in [-0.39, 0.29) is 17.5 Å². The lowest BCUT2D eigenvalue weighted by Gasteiger charge is -2.56. The monoisotopic (exact) mass is 618 g/mol. The fourth-order valence-corrected chi connectivity index (χ4v) is 8.11. The summed E-state index contributed by atoms with van der Waals surface area (Å²) in [4.78, 5) is 37.1. The van der Waals surface area contributed by atoms with Gasteiger partial charge in [-0.3, -0.25) is 14.7 Å². The predicted octanol–water partition coefficient (Wildman–Crippen LogP) is 4.47. The maximum absolute atomic E-state index is 12.9. The first kappa shape index (κ1) is 30.8. The Labute approximate surface area is 263 Å². The quantitative estimate of drug-likeness (QED) is 0.473. The van der Waals surface area contributed by atoms with Crippen molar-refractivity contribution in [1.82, 2.24) is 14.7 Å². The summed E-state index contributed by atoms with van der Waals surface area (Å²) >= 11 is 1.78. The number of likely N-dealkylation sites (tertiary alicyclic amines) is 1. The van der Waals surface area contributed by atoms with Gasteiger partial charge in [-0.1, -0.05) is 12.1 Å². The second kappa shape index (κ2) is 13.4. The zero-order valence-electron chi connectivity index (χ0n) is 25.5. The SMILES string of the molecule is CN(C)C1CCN(C(=O)c2ccc(NC(=O)Nc3ccc(C4(C5(N6CCOCC6)CCCOC5)C=NC=CS4)cc3)cc2)C1. The Balaban J connectivity index is 1.12. The molecule has 3 amide bonds. The van der Waals surface area contributed by atoms with Crippen molar-refractivity contribution < 1.29 is 19.1 Å². The van der Waals surface area contributed by atoms with E-state index in [0.717, 1.165) is 57.6 Å². The molecule has 0 spiro atoms. The Morgan fingerprint density at radius 3 is 2.25 bits per heavy atom. The standard InChI is InChI=1S/C33H42N6O4S/c1-37(2)29-12-15-38(22-29)30(40)25-4-8-27(9-5-25)35-31(41)36-28-10-6-26(7-11-28)33(23-34-14-21-44-33)32(13-3-18-43-24-32)39-16-19-42-20-17-39/h4-11,14,21,23,29H,3,12-13,15-20,22,24H2,1-2H3,(H2,35,36,41). The Morgan fingerprint density at radius 2 is 1.66 bits per heavy atom. The maximum atomic E-state index is 12.9. The summed E-state index contributed by atoms with van der Waals surface area (Å²) in [5.74, 6) is 0.0232. The summed E-state index contributed by atoms with van der Waals surface area (Å²) in [7, 11) is 4.10. The molecule has 4 aliphatic heterocycles. The number of ether oxygens (including phenoxy) is 2. The van der Waals surface area contributed by atoms with Crippen LogP contribution in [0.25, 0.3) is 0 Å². The minimum absolute atomic E-state index is 0.0232. The summed E-state index contributed by atoms with van der Waals surface area (Å²) in [6.45, 7) is 6.02. The molecule has 2 aromatic rings. The van der Waals surface area contributed by atoms with Gasteiger partial charge in [-0.05, 0) is 80.7 Å². The Bertz CT molecular complexity index is 1370. The first-order valence-corrected chi connectivity index (χ1v) is 16.3. The average Bonchev–Trinajstić information content (AvgIpc) is 3.57. The number of amides is 3. The Morgan fingerprint density at radius 1 is 0.955 bits per heavy atom. The summed E-state index contributed by atoms with van der Waals surface area (Å²) < 4.78 is 11.4. The van der Waals surface area contributed by atoms with E-state index < -0.39 is 4.75 Å². The highest BCUT2D eigenvalue weighted by molar-refractivity contribution is 8.03. The van der Waals surface area contributed by atoms with Gasteiger partial charge < -0.3 is 29.9 Å². The molecule has 10 nitrogen and oxygen atoms in total. The molecule has 11 heteroatoms. The van der Waals surface area contributed by atoms with E-state index in [2.05, 4.69) is 49.2 Å². The van der Waals surface area contributed by atoms with Gasteiger partial charge in [-0.25, -0.2) is 4.79 Å². The van der Waals surface area contributed by atoms with Gasteiger partial charge in [-0.2, -0.15) is 0 Å². The number of hydrogen-bond donors (Lipinski definition) is 2. The number of anilines is 2. The lowest BCUT2D eigenvalue weighted by Crippen LogP contribution is -2.67. The molecule has 0 aromatic heterocycles. The van der Waals surface area contributed by atoms with Gasteiger partial charge in [0.15, 0.2) is 0 Å². The highest BCUT2D eigenvalue weighted by atomic mass is 32.2. The van der Waals surface area contributed by atoms with Crippen LogP contribution in [0.3, 0.4) is 0 Å². The number of hydrogen-bond acceptors (Lipinski definition) is 8. The lowest BCUT2D eigenvalue weighted by molar-refractivity contribution is -0.0943. The number of carbonyl (C=O) groups excluding carboxylic acids is 2. The molecular formula is C33H42N6O4S. The summed E-state index contributed by atoms with van der Waals surface area (Å²) in [5.41, 5.74) is 2.78. The van der Waals surface area contributed by atoms with E-state index in [0.29, 0.717) is 42.8 Å². The van der Waals surface area contributed by atoms with Gasteiger partial charge in [0.1, 0.15) is 4.75 Å². The third kappa shape index (κ3) is 6.16. The third-order valence-corrected chi connectivity index (χ3v) is 10.7. The molecular weight excluding hydrogens is 576 g/mol. The Kier molecular flexibility index (Phi) is 9.39. The van der Waals surface area contributed by atoms with E-state index in [1.54, 1.807) is 36.0 Å². The van der Waals surface area contributed by atoms with E-state index >= 15 is 0 Å². The molecule has 0 bridgehead atoms. The molecule has 2 N–H and O–H groups in total. The molecule has 4 heterocycles. The molecule has 234 valence electrons. The molecule has 3 saturated heterocycles. The van der Waals surface area contributed by atoms with E-state index in [1.807, 2.05) is 37.3 Å². The molecule has 3 atom stereocenters. The second-order valence-corrected chi connectivity index (χ2v) is 13.2. The first-order chi connectivity index (χ1) is 21.4. The zero-order chi connectivity index (χ0) is 30.6. The highest BCUT2D eigenvalue weighted by Crippen LogP contribution is 2.52. The van der Waals surface area contributed by atoms with Crippen molar-refractivity contribution >= 4 is 41.3 Å². The predicted molar refractivity (Wildman–Crippen MR) is 176 cm³/mol. The van der Waals surface area contributed by atoms with Crippen molar-refractivity contribution in [2.75, 3.05) is 77.3 Å². The first-order valence-electron chi connectivity index (χ1n) is 15.4. The van der Waals surface area contributed by atoms with Crippen molar-refractivity contribution in [3.63, 3.8) is 0 Å². The molecule has 0 radical (unpaired) electrons. The van der Waals surface area contributed by atoms with Gasteiger partial charge in [-0.15, -0.1) is 11.8 Å². The van der Waals surface area contributed by atoms with E-state index in [1.165, 1.54) is 0 Å². The average molecular weight is 619 g/mol. The second-order valence-electron chi connectivity index (χ2n) is 12.1. The van der Waals surface area contributed by atoms with Crippen LogP contribution >= 0.6 is 11.8 Å². The molecule has 2 aromatic carbocycles. The van der Waals surface area contributed by atoms with Crippen molar-refractivity contribution in [3.8, 4) is 0 Å². The number of aliphatic imine (C=N–C) groups is 1. The molecule has 0 aliphatic carbocycles. The number of nitrogens with one attached hydrogen (secondary N) is 2. The van der Waals surface area contributed by atoms with E-state index in [4.69, 9.17) is 9.47 Å². The van der Waals surface area contributed by atoms with Crippen LogP contribution in [0.1, 0.15) is 35.2 Å². The number of thioether (sulfide) groups is 1. The van der Waals surface area contributed by atoms with Gasteiger partial charge in [0.25, 0.3) is 5.91 Å². The lowest BCUT2D eigenvalue weighted by atomic mass is 9.73. The summed E-state index contributed by atoms with van der Waals surface area (Å²) in [6.07, 6.45) is 6.89. The number of nitrogens with zero attached hydrogens (tertiary/aromatic N) is 4. The van der Waals surface area contributed by atoms with Crippen LogP contribution in [0.15, 0.2) is 65.1 Å². The normalized spacial score (nSPS) is 27.4. The van der Waals surface area contributed by atoms with Gasteiger partial charge in [0, 0.05) is 68.2 Å². The van der Waals surface area contributed by atoms with Crippen molar-refractivity contribution in [2.24, 2.45) is 4.99 Å². The van der Waals surface area contributed by atoms with E-state index in [9.17, 15) is 9.59 Å². The van der Waals surface area contributed by atoms with Gasteiger partial charge in [0.2, 0.25) is 0 Å². The van der Waals surface area contributed by atoms with Crippen LogP contribution in [0.4, 0.5) is 16.2 Å². The van der Waals surface area contributed by atoms with Crippen LogP contribution in [-0.4, -0.2) is 111 Å². The summed E-state index contributed by atoms with van der Waals surface area (Å²) in [6, 6.07) is 15.2. The van der Waals surface area contributed by atoms with Crippen molar-refractivity contribution in [1.29, 1.82) is 0 Å². The number of urea groups is 1. The van der Waals surface area contributed by atoms with Crippen LogP contribution in [0.5, 0.6) is 0 Å². The number of likely N-dealkylation sites (N-methyl/N-ethyl adjacent to an activating group) is 1. The van der Waals surface area contributed by atoms with Crippen molar-refractivity contribution in [3.05, 3.63) is 71.3 Å². The topological polar surface area (TPSA) is 98.7 Å². The molecule has 4 aliphatic rings. The van der Waals surface area contributed by atoms with Crippen LogP contribution in [0.2, 0.25) is 0 Å². The number of benzene rings is 2. The molecule has 3 fully saturated rings. The molecule has 6 rings (SSSR count). The maximum Gasteiger partial charge on any atom is 0.323 e. The smallest absolute Gasteiger partial charge is 0.323 e.